The summed E-state index contributed by atoms with van der Waals surface area (Å²) in [5.41, 5.74) is 1.93. The molecule has 6 nitrogen and oxygen atoms in total. The Balaban J connectivity index is 1.50. The zero-order chi connectivity index (χ0) is 16.9. The van der Waals surface area contributed by atoms with Gasteiger partial charge in [-0.3, -0.25) is 4.79 Å². The Morgan fingerprint density at radius 2 is 1.79 bits per heavy atom. The van der Waals surface area contributed by atoms with E-state index in [1.165, 1.54) is 12.8 Å². The van der Waals surface area contributed by atoms with Gasteiger partial charge in [-0.05, 0) is 56.7 Å². The van der Waals surface area contributed by atoms with E-state index in [1.54, 1.807) is 0 Å². The minimum atomic E-state index is -0.725. The Morgan fingerprint density at radius 1 is 1.08 bits per heavy atom. The van der Waals surface area contributed by atoms with Gasteiger partial charge >= 0.3 is 12.0 Å². The van der Waals surface area contributed by atoms with Crippen molar-refractivity contribution < 1.29 is 14.7 Å². The second kappa shape index (κ2) is 7.55. The van der Waals surface area contributed by atoms with Crippen LogP contribution in [0.2, 0.25) is 0 Å². The van der Waals surface area contributed by atoms with E-state index in [-0.39, 0.29) is 18.0 Å². The first-order valence-corrected chi connectivity index (χ1v) is 8.77. The Morgan fingerprint density at radius 3 is 2.46 bits per heavy atom. The van der Waals surface area contributed by atoms with E-state index in [1.807, 2.05) is 18.2 Å². The fourth-order valence-corrected chi connectivity index (χ4v) is 3.59. The highest BCUT2D eigenvalue weighted by Gasteiger charge is 2.26. The van der Waals surface area contributed by atoms with Crippen molar-refractivity contribution in [2.75, 3.05) is 23.3 Å². The first kappa shape index (κ1) is 16.6. The zero-order valence-electron chi connectivity index (χ0n) is 13.8. The van der Waals surface area contributed by atoms with E-state index in [0.29, 0.717) is 12.8 Å². The van der Waals surface area contributed by atoms with Crippen LogP contribution in [0, 0.1) is 5.92 Å². The van der Waals surface area contributed by atoms with Crippen molar-refractivity contribution in [3.05, 3.63) is 24.3 Å². The molecule has 1 aliphatic heterocycles. The lowest BCUT2D eigenvalue weighted by atomic mass is 9.86. The highest BCUT2D eigenvalue weighted by molar-refractivity contribution is 5.90. The molecular weight excluding hydrogens is 306 g/mol. The van der Waals surface area contributed by atoms with Crippen molar-refractivity contribution in [2.45, 2.75) is 44.6 Å². The van der Waals surface area contributed by atoms with Gasteiger partial charge in [-0.2, -0.15) is 0 Å². The van der Waals surface area contributed by atoms with Crippen LogP contribution in [0.25, 0.3) is 0 Å². The third-order valence-corrected chi connectivity index (χ3v) is 4.99. The van der Waals surface area contributed by atoms with Gasteiger partial charge in [-0.1, -0.05) is 6.07 Å². The third-order valence-electron chi connectivity index (χ3n) is 4.99. The molecule has 1 heterocycles. The third kappa shape index (κ3) is 4.19. The van der Waals surface area contributed by atoms with Crippen molar-refractivity contribution in [1.82, 2.24) is 5.32 Å². The Bertz CT molecular complexity index is 591. The molecule has 1 aromatic carbocycles. The molecule has 1 aromatic rings. The van der Waals surface area contributed by atoms with Gasteiger partial charge in [0.1, 0.15) is 0 Å². The number of urea groups is 1. The SMILES string of the molecule is O=C(Nc1cccc(N2CCCC2)c1)NC1CCC(C(=O)O)CC1. The molecule has 0 aromatic heterocycles. The average Bonchev–Trinajstić information content (AvgIpc) is 3.10. The summed E-state index contributed by atoms with van der Waals surface area (Å²) in [7, 11) is 0. The molecule has 1 saturated carbocycles. The molecular formula is C18H25N3O3. The summed E-state index contributed by atoms with van der Waals surface area (Å²) in [5, 5.41) is 14.9. The number of benzene rings is 1. The monoisotopic (exact) mass is 331 g/mol. The molecule has 0 atom stereocenters. The number of aliphatic carboxylic acids is 1. The number of carboxylic acids is 1. The molecule has 24 heavy (non-hydrogen) atoms. The van der Waals surface area contributed by atoms with Crippen molar-refractivity contribution in [1.29, 1.82) is 0 Å². The molecule has 0 unspecified atom stereocenters. The minimum absolute atomic E-state index is 0.0577. The lowest BCUT2D eigenvalue weighted by Crippen LogP contribution is -2.41. The van der Waals surface area contributed by atoms with Gasteiger partial charge < -0.3 is 20.6 Å². The van der Waals surface area contributed by atoms with Crippen LogP contribution >= 0.6 is 0 Å². The quantitative estimate of drug-likeness (QED) is 0.792. The summed E-state index contributed by atoms with van der Waals surface area (Å²) in [6.45, 7) is 2.14. The van der Waals surface area contributed by atoms with Gasteiger partial charge in [0, 0.05) is 30.5 Å². The number of hydrogen-bond acceptors (Lipinski definition) is 3. The van der Waals surface area contributed by atoms with Crippen LogP contribution in [0.4, 0.5) is 16.2 Å². The molecule has 0 spiro atoms. The van der Waals surface area contributed by atoms with Crippen LogP contribution < -0.4 is 15.5 Å². The fraction of sp³-hybridized carbons (Fsp3) is 0.556. The van der Waals surface area contributed by atoms with Gasteiger partial charge in [0.05, 0.1) is 5.92 Å². The van der Waals surface area contributed by atoms with Crippen molar-refractivity contribution >= 4 is 23.4 Å². The number of carboxylic acid groups (broad SMARTS) is 1. The molecule has 3 N–H and O–H groups in total. The molecule has 1 saturated heterocycles. The van der Waals surface area contributed by atoms with Crippen LogP contribution in [-0.2, 0) is 4.79 Å². The van der Waals surface area contributed by atoms with Gasteiger partial charge in [-0.25, -0.2) is 4.79 Å². The van der Waals surface area contributed by atoms with Crippen LogP contribution in [0.15, 0.2) is 24.3 Å². The zero-order valence-corrected chi connectivity index (χ0v) is 13.8. The highest BCUT2D eigenvalue weighted by Crippen LogP contribution is 2.25. The first-order valence-electron chi connectivity index (χ1n) is 8.77. The van der Waals surface area contributed by atoms with E-state index in [9.17, 15) is 9.59 Å². The minimum Gasteiger partial charge on any atom is -0.481 e. The normalized spacial score (nSPS) is 23.8. The maximum atomic E-state index is 12.2. The van der Waals surface area contributed by atoms with E-state index >= 15 is 0 Å². The number of rotatable bonds is 4. The summed E-state index contributed by atoms with van der Waals surface area (Å²) in [5.74, 6) is -0.986. The van der Waals surface area contributed by atoms with Crippen LogP contribution in [0.5, 0.6) is 0 Å². The average molecular weight is 331 g/mol. The number of amides is 2. The number of carbonyl (C=O) groups excluding carboxylic acids is 1. The summed E-state index contributed by atoms with van der Waals surface area (Å²) < 4.78 is 0. The topological polar surface area (TPSA) is 81.7 Å². The molecule has 0 radical (unpaired) electrons. The van der Waals surface area contributed by atoms with E-state index in [4.69, 9.17) is 5.11 Å². The lowest BCUT2D eigenvalue weighted by Gasteiger charge is -2.27. The fourth-order valence-electron chi connectivity index (χ4n) is 3.59. The molecule has 130 valence electrons. The second-order valence-corrected chi connectivity index (χ2v) is 6.73. The smallest absolute Gasteiger partial charge is 0.319 e. The molecule has 3 rings (SSSR count). The second-order valence-electron chi connectivity index (χ2n) is 6.73. The van der Waals surface area contributed by atoms with Gasteiger partial charge in [0.15, 0.2) is 0 Å². The van der Waals surface area contributed by atoms with Crippen LogP contribution in [-0.4, -0.2) is 36.2 Å². The van der Waals surface area contributed by atoms with Crippen LogP contribution in [0.3, 0.4) is 0 Å². The Kier molecular flexibility index (Phi) is 5.23. The van der Waals surface area contributed by atoms with E-state index < -0.39 is 5.97 Å². The predicted octanol–water partition coefficient (Wildman–Crippen LogP) is 3.05. The lowest BCUT2D eigenvalue weighted by molar-refractivity contribution is -0.142. The largest absolute Gasteiger partial charge is 0.481 e. The molecule has 2 amide bonds. The Hall–Kier alpha value is -2.24. The van der Waals surface area contributed by atoms with Crippen molar-refractivity contribution in [3.8, 4) is 0 Å². The first-order chi connectivity index (χ1) is 11.6. The number of nitrogens with one attached hydrogen (secondary N) is 2. The van der Waals surface area contributed by atoms with E-state index in [0.717, 1.165) is 37.3 Å². The Labute approximate surface area is 142 Å². The molecule has 2 fully saturated rings. The van der Waals surface area contributed by atoms with Crippen molar-refractivity contribution in [3.63, 3.8) is 0 Å². The molecule has 6 heteroatoms. The molecule has 2 aliphatic rings. The van der Waals surface area contributed by atoms with Crippen LogP contribution in [0.1, 0.15) is 38.5 Å². The number of nitrogens with zero attached hydrogens (tertiary/aromatic N) is 1. The van der Waals surface area contributed by atoms with E-state index in [2.05, 4.69) is 21.6 Å². The van der Waals surface area contributed by atoms with Gasteiger partial charge in [0.25, 0.3) is 0 Å². The standard InChI is InChI=1S/C18H25N3O3/c22-17(23)13-6-8-14(9-7-13)19-18(24)20-15-4-3-5-16(12-15)21-10-1-2-11-21/h3-5,12-14H,1-2,6-11H2,(H,22,23)(H2,19,20,24). The molecule has 1 aliphatic carbocycles. The summed E-state index contributed by atoms with van der Waals surface area (Å²) in [6.07, 6.45) is 5.14. The van der Waals surface area contributed by atoms with Crippen molar-refractivity contribution in [2.24, 2.45) is 5.92 Å². The van der Waals surface area contributed by atoms with Gasteiger partial charge in [0.2, 0.25) is 0 Å². The number of anilines is 2. The summed E-state index contributed by atoms with van der Waals surface area (Å²) in [4.78, 5) is 25.5. The summed E-state index contributed by atoms with van der Waals surface area (Å²) in [6, 6.07) is 7.77. The highest BCUT2D eigenvalue weighted by atomic mass is 16.4. The number of hydrogen-bond donors (Lipinski definition) is 3. The summed E-state index contributed by atoms with van der Waals surface area (Å²) >= 11 is 0. The maximum absolute atomic E-state index is 12.2. The molecule has 0 bridgehead atoms. The maximum Gasteiger partial charge on any atom is 0.319 e. The number of carbonyl (C=O) groups is 2. The predicted molar refractivity (Wildman–Crippen MR) is 93.4 cm³/mol. The van der Waals surface area contributed by atoms with Gasteiger partial charge in [-0.15, -0.1) is 0 Å².